The molecular formula is C48H82F2N2O19. The summed E-state index contributed by atoms with van der Waals surface area (Å²) in [7, 11) is 0. The smallest absolute Gasteiger partial charge is 0.420 e. The van der Waals surface area contributed by atoms with E-state index in [1.165, 1.54) is 6.92 Å². The molecule has 8 atom stereocenters. The maximum Gasteiger partial charge on any atom is 0.420 e. The molecule has 0 aromatic rings. The fraction of sp³-hybridized carbons (Fsp3) is 0.854. The number of imide groups is 2. The number of alkyl halides is 2. The highest BCUT2D eigenvalue weighted by molar-refractivity contribution is 5.95. The summed E-state index contributed by atoms with van der Waals surface area (Å²) in [6.07, 6.45) is -8.65. The van der Waals surface area contributed by atoms with Gasteiger partial charge in [-0.2, -0.15) is 9.80 Å². The maximum atomic E-state index is 13.2. The van der Waals surface area contributed by atoms with E-state index in [9.17, 15) is 42.3 Å². The van der Waals surface area contributed by atoms with Crippen LogP contribution in [0.2, 0.25) is 0 Å². The van der Waals surface area contributed by atoms with Crippen LogP contribution in [0.25, 0.3) is 0 Å². The number of rotatable bonds is 16. The van der Waals surface area contributed by atoms with Crippen LogP contribution in [0.5, 0.6) is 0 Å². The molecule has 2 aliphatic rings. The van der Waals surface area contributed by atoms with Gasteiger partial charge in [-0.15, -0.1) is 0 Å². The summed E-state index contributed by atoms with van der Waals surface area (Å²) in [5.41, 5.74) is -3.86. The highest BCUT2D eigenvalue weighted by atomic mass is 19.3. The summed E-state index contributed by atoms with van der Waals surface area (Å²) >= 11 is 0. The number of hydrogen-bond acceptors (Lipinski definition) is 19. The number of amides is 4. The van der Waals surface area contributed by atoms with Crippen molar-refractivity contribution in [3.8, 4) is 0 Å². The number of hydrogen-bond donors (Lipinski definition) is 0. The van der Waals surface area contributed by atoms with E-state index in [2.05, 4.69) is 0 Å². The third kappa shape index (κ3) is 25.3. The molecule has 412 valence electrons. The van der Waals surface area contributed by atoms with Crippen molar-refractivity contribution in [1.82, 2.24) is 9.80 Å². The number of carbonyl (C=O) groups excluding carboxylic acids is 7. The normalized spacial score (nSPS) is 23.8. The third-order valence-corrected chi connectivity index (χ3v) is 9.34. The number of halogens is 2. The Morgan fingerprint density at radius 3 is 1.18 bits per heavy atom. The highest BCUT2D eigenvalue weighted by Crippen LogP contribution is 2.25. The van der Waals surface area contributed by atoms with E-state index in [1.54, 1.807) is 90.0 Å². The lowest BCUT2D eigenvalue weighted by molar-refractivity contribution is -0.174. The monoisotopic (exact) mass is 1030 g/mol. The van der Waals surface area contributed by atoms with Crippen LogP contribution >= 0.6 is 0 Å². The van der Waals surface area contributed by atoms with Crippen molar-refractivity contribution in [2.24, 2.45) is 0 Å². The van der Waals surface area contributed by atoms with Gasteiger partial charge in [0.25, 0.3) is 6.43 Å². The molecule has 71 heavy (non-hydrogen) atoms. The van der Waals surface area contributed by atoms with E-state index in [0.29, 0.717) is 35.7 Å². The topological polar surface area (TPSA) is 237 Å². The Kier molecular flexibility index (Phi) is 27.4. The van der Waals surface area contributed by atoms with Crippen LogP contribution in [0.1, 0.15) is 136 Å². The van der Waals surface area contributed by atoms with Gasteiger partial charge in [0.05, 0.1) is 26.4 Å². The first-order valence-electron chi connectivity index (χ1n) is 24.0. The molecule has 0 aliphatic carbocycles. The molecule has 2 rings (SSSR count). The van der Waals surface area contributed by atoms with Gasteiger partial charge in [0, 0.05) is 13.2 Å². The van der Waals surface area contributed by atoms with Crippen LogP contribution < -0.4 is 0 Å². The van der Waals surface area contributed by atoms with Gasteiger partial charge in [-0.25, -0.2) is 37.5 Å². The molecule has 0 N–H and O–H groups in total. The molecule has 0 saturated carbocycles. The van der Waals surface area contributed by atoms with Crippen LogP contribution in [0, 0.1) is 0 Å². The lowest BCUT2D eigenvalue weighted by Crippen LogP contribution is -2.54. The molecule has 0 radical (unpaired) electrons. The molecular weight excluding hydrogens is 947 g/mol. The molecule has 0 unspecified atom stereocenters. The van der Waals surface area contributed by atoms with Gasteiger partial charge >= 0.3 is 36.3 Å². The average Bonchev–Trinajstić information content (AvgIpc) is 3.28. The zero-order valence-corrected chi connectivity index (χ0v) is 44.7. The maximum absolute atomic E-state index is 13.2. The number of aldehydes is 1. The molecule has 2 aliphatic heterocycles. The van der Waals surface area contributed by atoms with Gasteiger partial charge in [-0.1, -0.05) is 26.7 Å². The molecule has 0 bridgehead atoms. The first kappa shape index (κ1) is 64.7. The van der Waals surface area contributed by atoms with E-state index in [4.69, 9.17) is 56.8 Å². The number of cyclic esters (lactones) is 2. The predicted molar refractivity (Wildman–Crippen MR) is 250 cm³/mol. The fourth-order valence-corrected chi connectivity index (χ4v) is 6.31. The van der Waals surface area contributed by atoms with Gasteiger partial charge in [-0.3, -0.25) is 0 Å². The van der Waals surface area contributed by atoms with Crippen molar-refractivity contribution >= 4 is 42.6 Å². The second kappa shape index (κ2) is 30.0. The molecule has 23 heteroatoms. The highest BCUT2D eigenvalue weighted by Gasteiger charge is 2.46. The van der Waals surface area contributed by atoms with Crippen molar-refractivity contribution in [2.45, 2.75) is 214 Å². The molecule has 2 saturated heterocycles. The standard InChI is InChI=1S/C24H41F2NO9.C24H41NO10/c1-9-10-11-32-17-13-31-12-16(20(28)34-15(2)19(17)33-14-18(25)26)27(21(29)35-23(3,4)5)22(30)36-24(6,7)8;1-9-10-12-31-18-15-30-14-17(20(27)33-16(2)19(18)32-13-11-26)25(21(28)34-23(3,4)5)22(29)35-24(6,7)8/h15-19H,9-14H2,1-8H3;11,16-19H,9-10,12-15H2,1-8H3/t15-,16-,17-,19-;16-,17-,18-,19-/m00/s1. The number of esters is 2. The summed E-state index contributed by atoms with van der Waals surface area (Å²) in [6, 6.07) is -3.05. The van der Waals surface area contributed by atoms with E-state index in [0.717, 1.165) is 19.3 Å². The second-order valence-corrected chi connectivity index (χ2v) is 20.7. The average molecular weight is 1030 g/mol. The Hall–Kier alpha value is -4.29. The van der Waals surface area contributed by atoms with Crippen LogP contribution in [0.15, 0.2) is 0 Å². The predicted octanol–water partition coefficient (Wildman–Crippen LogP) is 7.58. The second-order valence-electron chi connectivity index (χ2n) is 20.7. The Morgan fingerprint density at radius 1 is 0.577 bits per heavy atom. The zero-order chi connectivity index (χ0) is 54.5. The van der Waals surface area contributed by atoms with Crippen molar-refractivity contribution < 1.29 is 99.2 Å². The Morgan fingerprint density at radius 2 is 0.901 bits per heavy atom. The minimum absolute atomic E-state index is 0.0266. The molecule has 0 aromatic carbocycles. The minimum Gasteiger partial charge on any atom is -0.458 e. The van der Waals surface area contributed by atoms with Gasteiger partial charge < -0.3 is 61.6 Å². The SMILES string of the molecule is CCCCO[C@H]1COC[C@H](N(C(=O)OC(C)(C)C)C(=O)OC(C)(C)C)C(=O)O[C@@H](C)[C@@H]1OCC(F)F.CCCCO[C@H]1COC[C@H](N(C(=O)OC(C)(C)C)C(=O)OC(C)(C)C)C(=O)O[C@@H](C)[C@@H]1OCC=O. The molecule has 2 heterocycles. The molecule has 4 amide bonds. The molecule has 0 aromatic heterocycles. The van der Waals surface area contributed by atoms with E-state index < -0.39 is 127 Å². The van der Waals surface area contributed by atoms with Crippen LogP contribution in [-0.2, 0) is 71.2 Å². The van der Waals surface area contributed by atoms with Crippen LogP contribution in [0.4, 0.5) is 28.0 Å². The Labute approximate surface area is 417 Å². The Bertz CT molecular complexity index is 1620. The van der Waals surface area contributed by atoms with E-state index >= 15 is 0 Å². The van der Waals surface area contributed by atoms with Crippen molar-refractivity contribution in [2.75, 3.05) is 52.9 Å². The largest absolute Gasteiger partial charge is 0.458 e. The number of nitrogens with zero attached hydrogens (tertiary/aromatic N) is 2. The van der Waals surface area contributed by atoms with Gasteiger partial charge in [-0.05, 0) is 110 Å². The van der Waals surface area contributed by atoms with Crippen LogP contribution in [-0.4, -0.2) is 183 Å². The number of carbonyl (C=O) groups is 7. The zero-order valence-electron chi connectivity index (χ0n) is 44.7. The summed E-state index contributed by atoms with van der Waals surface area (Å²) in [4.78, 5) is 90.3. The third-order valence-electron chi connectivity index (χ3n) is 9.34. The summed E-state index contributed by atoms with van der Waals surface area (Å²) in [5.74, 6) is -1.93. The lowest BCUT2D eigenvalue weighted by Gasteiger charge is -2.32. The van der Waals surface area contributed by atoms with Crippen molar-refractivity contribution in [3.63, 3.8) is 0 Å². The first-order valence-corrected chi connectivity index (χ1v) is 24.0. The summed E-state index contributed by atoms with van der Waals surface area (Å²) < 4.78 is 92.2. The van der Waals surface area contributed by atoms with E-state index in [1.807, 2.05) is 13.8 Å². The van der Waals surface area contributed by atoms with Crippen molar-refractivity contribution in [3.05, 3.63) is 0 Å². The molecule has 21 nitrogen and oxygen atoms in total. The quantitative estimate of drug-likeness (QED) is 0.0626. The fourth-order valence-electron chi connectivity index (χ4n) is 6.31. The summed E-state index contributed by atoms with van der Waals surface area (Å²) in [5, 5.41) is 0. The number of ether oxygens (including phenoxy) is 12. The number of unbranched alkanes of at least 4 members (excludes halogenated alkanes) is 2. The Balaban J connectivity index is 0.000000710. The van der Waals surface area contributed by atoms with E-state index in [-0.39, 0.29) is 26.4 Å². The lowest BCUT2D eigenvalue weighted by atomic mass is 10.1. The van der Waals surface area contributed by atoms with Gasteiger partial charge in [0.15, 0.2) is 12.1 Å². The van der Waals surface area contributed by atoms with Crippen molar-refractivity contribution in [1.29, 1.82) is 0 Å². The first-order chi connectivity index (χ1) is 32.7. The van der Waals surface area contributed by atoms with Gasteiger partial charge in [0.2, 0.25) is 0 Å². The van der Waals surface area contributed by atoms with Crippen LogP contribution in [0.3, 0.4) is 0 Å². The van der Waals surface area contributed by atoms with Gasteiger partial charge in [0.1, 0.15) is 78.5 Å². The minimum atomic E-state index is -2.75. The molecule has 0 spiro atoms. The molecule has 2 fully saturated rings. The summed E-state index contributed by atoms with van der Waals surface area (Å²) in [6.45, 7) is 25.0.